The molecule has 0 fully saturated rings. The Hall–Kier alpha value is -3.87. The van der Waals surface area contributed by atoms with Crippen molar-refractivity contribution in [3.05, 3.63) is 94.3 Å². The average Bonchev–Trinajstić information content (AvgIpc) is 3.12. The lowest BCUT2D eigenvalue weighted by atomic mass is 10.0. The first-order chi connectivity index (χ1) is 14.6. The number of nitrogens with zero attached hydrogens (tertiary/aromatic N) is 3. The molecule has 0 saturated carbocycles. The van der Waals surface area contributed by atoms with Gasteiger partial charge in [0, 0.05) is 18.9 Å². The number of nitrogens with two attached hydrogens (primary N) is 2. The number of carbonyl (C=O) groups excluding carboxylic acids is 1. The number of hydrogen-bond acceptors (Lipinski definition) is 6. The first-order valence-corrected chi connectivity index (χ1v) is 9.63. The van der Waals surface area contributed by atoms with Gasteiger partial charge in [-0.3, -0.25) is 0 Å². The molecule has 0 radical (unpaired) electrons. The topological polar surface area (TPSA) is 108 Å². The summed E-state index contributed by atoms with van der Waals surface area (Å²) in [4.78, 5) is 12.5. The van der Waals surface area contributed by atoms with E-state index >= 15 is 0 Å². The van der Waals surface area contributed by atoms with Gasteiger partial charge in [0.1, 0.15) is 0 Å². The maximum Gasteiger partial charge on any atom is 0.339 e. The molecule has 30 heavy (non-hydrogen) atoms. The third-order valence-corrected chi connectivity index (χ3v) is 4.60. The van der Waals surface area contributed by atoms with Gasteiger partial charge in [0.25, 0.3) is 0 Å². The van der Waals surface area contributed by atoms with Crippen LogP contribution in [0.15, 0.2) is 71.1 Å². The molecule has 7 heteroatoms. The predicted molar refractivity (Wildman–Crippen MR) is 119 cm³/mol. The van der Waals surface area contributed by atoms with E-state index in [1.807, 2.05) is 65.5 Å². The predicted octanol–water partition coefficient (Wildman–Crippen LogP) is 2.89. The Labute approximate surface area is 175 Å². The van der Waals surface area contributed by atoms with Crippen LogP contribution in [0.5, 0.6) is 0 Å². The summed E-state index contributed by atoms with van der Waals surface area (Å²) in [6, 6.07) is 15.8. The number of ether oxygens (including phenoxy) is 1. The van der Waals surface area contributed by atoms with E-state index in [4.69, 9.17) is 16.4 Å². The van der Waals surface area contributed by atoms with Crippen molar-refractivity contribution in [1.82, 2.24) is 4.57 Å². The van der Waals surface area contributed by atoms with Crippen molar-refractivity contribution in [3.63, 3.8) is 0 Å². The Morgan fingerprint density at radius 2 is 1.73 bits per heavy atom. The third-order valence-electron chi connectivity index (χ3n) is 4.60. The van der Waals surface area contributed by atoms with Gasteiger partial charge in [-0.15, -0.1) is 0 Å². The zero-order valence-electron chi connectivity index (χ0n) is 16.9. The molecule has 0 spiro atoms. The Balaban J connectivity index is 1.87. The second-order valence-corrected chi connectivity index (χ2v) is 6.81. The number of benzene rings is 2. The van der Waals surface area contributed by atoms with Gasteiger partial charge < -0.3 is 21.0 Å². The van der Waals surface area contributed by atoms with Crippen LogP contribution in [0.1, 0.15) is 45.1 Å². The molecular formula is C23H25N5O2. The lowest BCUT2D eigenvalue weighted by Gasteiger charge is -2.05. The fraction of sp³-hybridized carbons (Fsp3) is 0.174. The molecule has 0 atom stereocenters. The minimum absolute atomic E-state index is 0.319. The molecule has 0 aliphatic carbocycles. The van der Waals surface area contributed by atoms with Crippen LogP contribution in [-0.2, 0) is 17.7 Å². The van der Waals surface area contributed by atoms with Crippen molar-refractivity contribution in [3.8, 4) is 0 Å². The summed E-state index contributed by atoms with van der Waals surface area (Å²) in [6.45, 7) is 2.76. The fourth-order valence-corrected chi connectivity index (χ4v) is 3.28. The highest BCUT2D eigenvalue weighted by atomic mass is 16.5. The lowest BCUT2D eigenvalue weighted by molar-refractivity contribution is 0.0525. The Morgan fingerprint density at radius 3 is 2.43 bits per heavy atom. The quantitative estimate of drug-likeness (QED) is 0.261. The summed E-state index contributed by atoms with van der Waals surface area (Å²) in [6.07, 6.45) is 7.62. The van der Waals surface area contributed by atoms with Gasteiger partial charge in [0.05, 0.1) is 24.6 Å². The van der Waals surface area contributed by atoms with Crippen molar-refractivity contribution in [2.24, 2.45) is 21.9 Å². The van der Waals surface area contributed by atoms with Crippen molar-refractivity contribution in [2.75, 3.05) is 6.61 Å². The molecule has 0 aliphatic heterocycles. The molecule has 0 bridgehead atoms. The molecular weight excluding hydrogens is 378 g/mol. The molecule has 3 aromatic rings. The molecule has 0 amide bonds. The van der Waals surface area contributed by atoms with Crippen LogP contribution in [0, 0.1) is 0 Å². The molecule has 3 rings (SSSR count). The van der Waals surface area contributed by atoms with Crippen LogP contribution in [0.3, 0.4) is 0 Å². The van der Waals surface area contributed by atoms with E-state index in [0.29, 0.717) is 25.1 Å². The van der Waals surface area contributed by atoms with E-state index in [-0.39, 0.29) is 5.97 Å². The van der Waals surface area contributed by atoms with E-state index < -0.39 is 0 Å². The first kappa shape index (κ1) is 20.9. The van der Waals surface area contributed by atoms with Crippen LogP contribution < -0.4 is 11.7 Å². The maximum absolute atomic E-state index is 12.5. The molecule has 2 aromatic carbocycles. The van der Waals surface area contributed by atoms with Gasteiger partial charge in [-0.25, -0.2) is 4.79 Å². The number of esters is 1. The second kappa shape index (κ2) is 10.1. The molecule has 1 heterocycles. The maximum atomic E-state index is 12.5. The molecule has 154 valence electrons. The minimum atomic E-state index is -0.319. The molecule has 0 saturated heterocycles. The van der Waals surface area contributed by atoms with Gasteiger partial charge in [-0.1, -0.05) is 42.5 Å². The highest BCUT2D eigenvalue weighted by Gasteiger charge is 2.16. The van der Waals surface area contributed by atoms with Crippen LogP contribution in [0.2, 0.25) is 0 Å². The lowest BCUT2D eigenvalue weighted by Crippen LogP contribution is -2.06. The van der Waals surface area contributed by atoms with E-state index in [9.17, 15) is 4.79 Å². The normalized spacial score (nSPS) is 11.4. The number of hydrazone groups is 2. The van der Waals surface area contributed by atoms with Crippen LogP contribution in [0.25, 0.3) is 0 Å². The average molecular weight is 403 g/mol. The van der Waals surface area contributed by atoms with Crippen molar-refractivity contribution in [2.45, 2.75) is 19.9 Å². The minimum Gasteiger partial charge on any atom is -0.462 e. The summed E-state index contributed by atoms with van der Waals surface area (Å²) in [5.41, 5.74) is 5.47. The van der Waals surface area contributed by atoms with Crippen molar-refractivity contribution < 1.29 is 9.53 Å². The molecule has 7 nitrogen and oxygen atoms in total. The van der Waals surface area contributed by atoms with Gasteiger partial charge in [0.15, 0.2) is 0 Å². The standard InChI is InChI=1S/C23H25N5O2/c1-2-30-23(29)22-16-28(14-18-8-6-17(7-9-18)12-26-24)15-21(22)11-19-4-3-5-20(10-19)13-27-25/h3-10,12-13,15-16H,2,11,14,24-25H2,1H3. The molecule has 1 aromatic heterocycles. The zero-order chi connectivity index (χ0) is 21.3. The van der Waals surface area contributed by atoms with E-state index in [1.54, 1.807) is 19.4 Å². The van der Waals surface area contributed by atoms with Gasteiger partial charge >= 0.3 is 5.97 Å². The summed E-state index contributed by atoms with van der Waals surface area (Å²) in [5.74, 6) is 10.1. The Bertz CT molecular complexity index is 1050. The molecule has 4 N–H and O–H groups in total. The summed E-state index contributed by atoms with van der Waals surface area (Å²) >= 11 is 0. The van der Waals surface area contributed by atoms with E-state index in [0.717, 1.165) is 27.8 Å². The van der Waals surface area contributed by atoms with Crippen molar-refractivity contribution >= 4 is 18.4 Å². The highest BCUT2D eigenvalue weighted by Crippen LogP contribution is 2.19. The molecule has 0 aliphatic rings. The Kier molecular flexibility index (Phi) is 7.00. The smallest absolute Gasteiger partial charge is 0.339 e. The van der Waals surface area contributed by atoms with E-state index in [1.165, 1.54) is 0 Å². The summed E-state index contributed by atoms with van der Waals surface area (Å²) in [7, 11) is 0. The zero-order valence-corrected chi connectivity index (χ0v) is 16.9. The van der Waals surface area contributed by atoms with E-state index in [2.05, 4.69) is 10.2 Å². The van der Waals surface area contributed by atoms with Crippen molar-refractivity contribution in [1.29, 1.82) is 0 Å². The van der Waals surface area contributed by atoms with Gasteiger partial charge in [-0.2, -0.15) is 10.2 Å². The largest absolute Gasteiger partial charge is 0.462 e. The van der Waals surface area contributed by atoms with Gasteiger partial charge in [-0.05, 0) is 47.2 Å². The monoisotopic (exact) mass is 403 g/mol. The summed E-state index contributed by atoms with van der Waals surface area (Å²) in [5, 5.41) is 7.11. The Morgan fingerprint density at radius 1 is 1.00 bits per heavy atom. The fourth-order valence-electron chi connectivity index (χ4n) is 3.28. The second-order valence-electron chi connectivity index (χ2n) is 6.81. The number of rotatable bonds is 8. The van der Waals surface area contributed by atoms with Crippen LogP contribution in [-0.4, -0.2) is 29.6 Å². The number of hydrogen-bond donors (Lipinski definition) is 2. The van der Waals surface area contributed by atoms with Crippen LogP contribution >= 0.6 is 0 Å². The molecule has 0 unspecified atom stereocenters. The number of aromatic nitrogens is 1. The highest BCUT2D eigenvalue weighted by molar-refractivity contribution is 5.91. The summed E-state index contributed by atoms with van der Waals surface area (Å²) < 4.78 is 7.26. The van der Waals surface area contributed by atoms with Crippen LogP contribution in [0.4, 0.5) is 0 Å². The SMILES string of the molecule is CCOC(=O)c1cn(Cc2ccc(C=NN)cc2)cc1Cc1cccc(C=NN)c1. The number of carbonyl (C=O) groups is 1. The first-order valence-electron chi connectivity index (χ1n) is 9.63. The third kappa shape index (κ3) is 5.35. The van der Waals surface area contributed by atoms with Gasteiger partial charge in [0.2, 0.25) is 0 Å².